The predicted octanol–water partition coefficient (Wildman–Crippen LogP) is 5.41. The summed E-state index contributed by atoms with van der Waals surface area (Å²) >= 11 is 2.76. The van der Waals surface area contributed by atoms with Gasteiger partial charge < -0.3 is 5.11 Å². The van der Waals surface area contributed by atoms with Crippen molar-refractivity contribution in [2.24, 2.45) is 0 Å². The van der Waals surface area contributed by atoms with E-state index in [1.54, 1.807) is 12.1 Å². The minimum Gasteiger partial charge on any atom is -0.507 e. The Labute approximate surface area is 216 Å². The van der Waals surface area contributed by atoms with Gasteiger partial charge in [-0.15, -0.1) is 10.2 Å². The third-order valence-electron chi connectivity index (χ3n) is 5.91. The fraction of sp³-hybridized carbons (Fsp3) is 0.148. The van der Waals surface area contributed by atoms with E-state index in [-0.39, 0.29) is 11.3 Å². The van der Waals surface area contributed by atoms with Gasteiger partial charge in [0, 0.05) is 23.7 Å². The van der Waals surface area contributed by atoms with Crippen LogP contribution in [0.3, 0.4) is 0 Å². The number of ketones is 1. The standard InChI is InChI=1S/C27H22N4O3S2/c1-2-17-8-10-19(11-9-17)22-21(23(32)20-12-14-28-15-13-20)24(33)25(34)31(22)26-29-30-27(36-26)35-16-18-6-4-3-5-7-18/h3-15,22,32H,2,16H2,1H3/b23-21+. The Bertz CT molecular complexity index is 1420. The van der Waals surface area contributed by atoms with Gasteiger partial charge in [-0.1, -0.05) is 84.6 Å². The normalized spacial score (nSPS) is 17.0. The second-order valence-electron chi connectivity index (χ2n) is 8.12. The van der Waals surface area contributed by atoms with E-state index in [0.29, 0.717) is 26.4 Å². The second-order valence-corrected chi connectivity index (χ2v) is 10.3. The molecule has 0 saturated carbocycles. The lowest BCUT2D eigenvalue weighted by molar-refractivity contribution is -0.132. The summed E-state index contributed by atoms with van der Waals surface area (Å²) in [6.07, 6.45) is 3.91. The van der Waals surface area contributed by atoms with Crippen molar-refractivity contribution in [3.63, 3.8) is 0 Å². The zero-order chi connectivity index (χ0) is 25.1. The van der Waals surface area contributed by atoms with Crippen molar-refractivity contribution in [1.29, 1.82) is 0 Å². The van der Waals surface area contributed by atoms with Crippen molar-refractivity contribution in [3.8, 4) is 0 Å². The van der Waals surface area contributed by atoms with Crippen LogP contribution in [0, 0.1) is 0 Å². The molecule has 0 spiro atoms. The third kappa shape index (κ3) is 4.67. The summed E-state index contributed by atoms with van der Waals surface area (Å²) in [5, 5.41) is 20.0. The van der Waals surface area contributed by atoms with Gasteiger partial charge in [0.05, 0.1) is 11.6 Å². The summed E-state index contributed by atoms with van der Waals surface area (Å²) in [7, 11) is 0. The van der Waals surface area contributed by atoms with E-state index in [9.17, 15) is 14.7 Å². The molecule has 1 aliphatic heterocycles. The number of aliphatic hydroxyl groups is 1. The first-order chi connectivity index (χ1) is 17.6. The number of carbonyl (C=O) groups is 2. The van der Waals surface area contributed by atoms with Crippen LogP contribution < -0.4 is 4.90 Å². The van der Waals surface area contributed by atoms with Crippen molar-refractivity contribution in [1.82, 2.24) is 15.2 Å². The first-order valence-corrected chi connectivity index (χ1v) is 13.2. The summed E-state index contributed by atoms with van der Waals surface area (Å²) in [5.74, 6) is -1.04. The van der Waals surface area contributed by atoms with E-state index >= 15 is 0 Å². The number of rotatable bonds is 7. The number of aryl methyl sites for hydroxylation is 1. The molecule has 2 aromatic carbocycles. The summed E-state index contributed by atoms with van der Waals surface area (Å²) in [4.78, 5) is 31.9. The van der Waals surface area contributed by atoms with E-state index in [2.05, 4.69) is 22.1 Å². The van der Waals surface area contributed by atoms with Gasteiger partial charge in [0.2, 0.25) is 5.13 Å². The molecule has 1 fully saturated rings. The summed E-state index contributed by atoms with van der Waals surface area (Å²) in [5.41, 5.74) is 3.41. The fourth-order valence-corrected chi connectivity index (χ4v) is 5.85. The number of amides is 1. The minimum absolute atomic E-state index is 0.0177. The number of carbonyl (C=O) groups excluding carboxylic acids is 2. The molecule has 1 saturated heterocycles. The first kappa shape index (κ1) is 23.9. The van der Waals surface area contributed by atoms with Gasteiger partial charge in [-0.2, -0.15) is 0 Å². The molecule has 3 heterocycles. The molecule has 36 heavy (non-hydrogen) atoms. The molecule has 0 bridgehead atoms. The first-order valence-electron chi connectivity index (χ1n) is 11.4. The molecule has 1 atom stereocenters. The number of benzene rings is 2. The van der Waals surface area contributed by atoms with Gasteiger partial charge >= 0.3 is 5.91 Å². The maximum absolute atomic E-state index is 13.3. The number of anilines is 1. The molecule has 1 unspecified atom stereocenters. The molecular formula is C27H22N4O3S2. The third-order valence-corrected chi connectivity index (χ3v) is 8.04. The SMILES string of the molecule is CCc1ccc(C2/C(=C(\O)c3ccncc3)C(=O)C(=O)N2c2nnc(SCc3ccccc3)s2)cc1. The Balaban J connectivity index is 1.54. The van der Waals surface area contributed by atoms with Crippen molar-refractivity contribution in [3.05, 3.63) is 107 Å². The predicted molar refractivity (Wildman–Crippen MR) is 141 cm³/mol. The molecule has 0 aliphatic carbocycles. The van der Waals surface area contributed by atoms with Gasteiger partial charge in [0.25, 0.3) is 5.78 Å². The molecule has 9 heteroatoms. The van der Waals surface area contributed by atoms with Crippen LogP contribution in [0.2, 0.25) is 0 Å². The number of Topliss-reactive ketones (excluding diaryl/α,β-unsaturated/α-hetero) is 1. The Morgan fingerprint density at radius 1 is 0.972 bits per heavy atom. The number of hydrogen-bond acceptors (Lipinski definition) is 8. The molecule has 2 aromatic heterocycles. The number of nitrogens with zero attached hydrogens (tertiary/aromatic N) is 4. The summed E-state index contributed by atoms with van der Waals surface area (Å²) in [6.45, 7) is 2.06. The van der Waals surface area contributed by atoms with E-state index in [1.165, 1.54) is 40.4 Å². The van der Waals surface area contributed by atoms with Crippen molar-refractivity contribution < 1.29 is 14.7 Å². The molecule has 0 radical (unpaired) electrons. The minimum atomic E-state index is -0.830. The highest BCUT2D eigenvalue weighted by molar-refractivity contribution is 8.00. The molecule has 4 aromatic rings. The molecule has 1 amide bonds. The molecule has 1 N–H and O–H groups in total. The van der Waals surface area contributed by atoms with E-state index in [0.717, 1.165) is 17.5 Å². The largest absolute Gasteiger partial charge is 0.507 e. The van der Waals surface area contributed by atoms with Gasteiger partial charge in [-0.25, -0.2) is 0 Å². The monoisotopic (exact) mass is 514 g/mol. The Hall–Kier alpha value is -3.82. The van der Waals surface area contributed by atoms with E-state index in [4.69, 9.17) is 0 Å². The quantitative estimate of drug-likeness (QED) is 0.116. The van der Waals surface area contributed by atoms with Crippen molar-refractivity contribution >= 4 is 45.7 Å². The molecule has 1 aliphatic rings. The number of pyridine rings is 1. The van der Waals surface area contributed by atoms with Crippen LogP contribution in [0.15, 0.2) is 89.0 Å². The van der Waals surface area contributed by atoms with E-state index in [1.807, 2.05) is 54.6 Å². The van der Waals surface area contributed by atoms with Crippen molar-refractivity contribution in [2.45, 2.75) is 29.5 Å². The fourth-order valence-electron chi connectivity index (χ4n) is 4.02. The lowest BCUT2D eigenvalue weighted by atomic mass is 9.95. The van der Waals surface area contributed by atoms with Crippen LogP contribution in [0.5, 0.6) is 0 Å². The Morgan fingerprint density at radius 3 is 2.39 bits per heavy atom. The molecule has 180 valence electrons. The topological polar surface area (TPSA) is 96.3 Å². The molecular weight excluding hydrogens is 492 g/mol. The zero-order valence-corrected chi connectivity index (χ0v) is 21.0. The maximum atomic E-state index is 13.3. The van der Waals surface area contributed by atoms with Crippen LogP contribution in [0.1, 0.15) is 35.2 Å². The lowest BCUT2D eigenvalue weighted by Crippen LogP contribution is -2.29. The average Bonchev–Trinajstić information content (AvgIpc) is 3.50. The number of thioether (sulfide) groups is 1. The Kier molecular flexibility index (Phi) is 6.92. The highest BCUT2D eigenvalue weighted by Gasteiger charge is 2.48. The highest BCUT2D eigenvalue weighted by Crippen LogP contribution is 2.44. The summed E-state index contributed by atoms with van der Waals surface area (Å²) < 4.78 is 0.685. The van der Waals surface area contributed by atoms with Gasteiger partial charge in [-0.05, 0) is 35.2 Å². The molecule has 7 nitrogen and oxygen atoms in total. The zero-order valence-electron chi connectivity index (χ0n) is 19.4. The average molecular weight is 515 g/mol. The highest BCUT2D eigenvalue weighted by atomic mass is 32.2. The van der Waals surface area contributed by atoms with Gasteiger partial charge in [0.1, 0.15) is 5.76 Å². The summed E-state index contributed by atoms with van der Waals surface area (Å²) in [6, 6.07) is 20.1. The number of hydrogen-bond donors (Lipinski definition) is 1. The maximum Gasteiger partial charge on any atom is 0.301 e. The molecule has 5 rings (SSSR count). The van der Waals surface area contributed by atoms with E-state index < -0.39 is 17.7 Å². The van der Waals surface area contributed by atoms with Crippen LogP contribution in [-0.4, -0.2) is 32.0 Å². The Morgan fingerprint density at radius 2 is 1.69 bits per heavy atom. The van der Waals surface area contributed by atoms with Crippen molar-refractivity contribution in [2.75, 3.05) is 4.90 Å². The van der Waals surface area contributed by atoms with Crippen LogP contribution in [0.4, 0.5) is 5.13 Å². The van der Waals surface area contributed by atoms with Crippen LogP contribution in [-0.2, 0) is 21.8 Å². The number of aromatic nitrogens is 3. The van der Waals surface area contributed by atoms with Gasteiger partial charge in [0.15, 0.2) is 4.34 Å². The lowest BCUT2D eigenvalue weighted by Gasteiger charge is -2.22. The van der Waals surface area contributed by atoms with Gasteiger partial charge in [-0.3, -0.25) is 19.5 Å². The smallest absolute Gasteiger partial charge is 0.301 e. The second kappa shape index (κ2) is 10.4. The van der Waals surface area contributed by atoms with Crippen LogP contribution >= 0.6 is 23.1 Å². The van der Waals surface area contributed by atoms with Crippen LogP contribution in [0.25, 0.3) is 5.76 Å². The number of aliphatic hydroxyl groups excluding tert-OH is 1.